The number of ether oxygens (including phenoxy) is 3. The van der Waals surface area contributed by atoms with Gasteiger partial charge in [0.05, 0.1) is 25.0 Å². The van der Waals surface area contributed by atoms with Gasteiger partial charge in [-0.15, -0.1) is 11.3 Å². The number of methoxy groups -OCH3 is 1. The van der Waals surface area contributed by atoms with Crippen LogP contribution < -0.4 is 20.7 Å². The van der Waals surface area contributed by atoms with E-state index in [0.717, 1.165) is 21.2 Å². The lowest BCUT2D eigenvalue weighted by atomic mass is 10.2. The third kappa shape index (κ3) is 5.14. The maximum absolute atomic E-state index is 12.1. The summed E-state index contributed by atoms with van der Waals surface area (Å²) in [5.74, 6) is 0.643. The van der Waals surface area contributed by atoms with Gasteiger partial charge in [0.1, 0.15) is 11.6 Å². The molecule has 3 rings (SSSR count). The first kappa shape index (κ1) is 23.0. The highest BCUT2D eigenvalue weighted by Crippen LogP contribution is 2.33. The Balaban J connectivity index is 1.66. The van der Waals surface area contributed by atoms with Crippen molar-refractivity contribution in [3.05, 3.63) is 67.9 Å². The highest BCUT2D eigenvalue weighted by Gasteiger charge is 2.11. The van der Waals surface area contributed by atoms with Crippen molar-refractivity contribution >= 4 is 23.4 Å². The lowest BCUT2D eigenvalue weighted by Crippen LogP contribution is -2.37. The normalized spacial score (nSPS) is 11.0. The molecule has 0 spiro atoms. The Kier molecular flexibility index (Phi) is 7.26. The topological polar surface area (TPSA) is 102 Å². The predicted octanol–water partition coefficient (Wildman–Crippen LogP) is 2.37. The maximum atomic E-state index is 12.1. The Morgan fingerprint density at radius 3 is 2.72 bits per heavy atom. The Morgan fingerprint density at radius 1 is 1.22 bits per heavy atom. The van der Waals surface area contributed by atoms with E-state index >= 15 is 0 Å². The highest BCUT2D eigenvalue weighted by molar-refractivity contribution is 7.13. The minimum absolute atomic E-state index is 0.0148. The molecule has 0 aliphatic heterocycles. The van der Waals surface area contributed by atoms with Crippen LogP contribution in [0, 0.1) is 0 Å². The summed E-state index contributed by atoms with van der Waals surface area (Å²) in [4.78, 5) is 40.4. The Bertz CT molecular complexity index is 1270. The molecule has 2 aromatic heterocycles. The molecule has 0 N–H and O–H groups in total. The van der Waals surface area contributed by atoms with E-state index in [1.54, 1.807) is 12.5 Å². The Morgan fingerprint density at radius 2 is 2.00 bits per heavy atom. The summed E-state index contributed by atoms with van der Waals surface area (Å²) < 4.78 is 18.3. The molecule has 0 saturated carbocycles. The zero-order valence-corrected chi connectivity index (χ0v) is 19.0. The zero-order valence-electron chi connectivity index (χ0n) is 18.2. The van der Waals surface area contributed by atoms with Gasteiger partial charge in [-0.2, -0.15) is 0 Å². The second-order valence-corrected chi connectivity index (χ2v) is 7.58. The van der Waals surface area contributed by atoms with Crippen LogP contribution in [0.5, 0.6) is 11.5 Å². The summed E-state index contributed by atoms with van der Waals surface area (Å²) in [6.45, 7) is 2.42. The van der Waals surface area contributed by atoms with Crippen molar-refractivity contribution in [1.82, 2.24) is 14.1 Å². The monoisotopic (exact) mass is 457 g/mol. The number of esters is 1. The first-order valence-electron chi connectivity index (χ1n) is 9.71. The molecule has 0 fully saturated rings. The van der Waals surface area contributed by atoms with Crippen LogP contribution in [0.3, 0.4) is 0 Å². The maximum Gasteiger partial charge on any atom is 0.331 e. The third-order valence-corrected chi connectivity index (χ3v) is 5.44. The lowest BCUT2D eigenvalue weighted by Gasteiger charge is -2.09. The van der Waals surface area contributed by atoms with Crippen molar-refractivity contribution in [2.75, 3.05) is 13.7 Å². The third-order valence-electron chi connectivity index (χ3n) is 4.50. The lowest BCUT2D eigenvalue weighted by molar-refractivity contribution is -0.139. The average molecular weight is 458 g/mol. The molecule has 2 heterocycles. The summed E-state index contributed by atoms with van der Waals surface area (Å²) >= 11 is 1.42. The summed E-state index contributed by atoms with van der Waals surface area (Å²) in [6.07, 6.45) is 3.83. The number of carbonyl (C=O) groups is 1. The summed E-state index contributed by atoms with van der Waals surface area (Å²) in [5, 5.41) is 2.56. The highest BCUT2D eigenvalue weighted by atomic mass is 32.1. The van der Waals surface area contributed by atoms with Crippen molar-refractivity contribution in [1.29, 1.82) is 0 Å². The molecule has 0 saturated heterocycles. The average Bonchev–Trinajstić information content (AvgIpc) is 3.27. The quantitative estimate of drug-likeness (QED) is 0.378. The fourth-order valence-electron chi connectivity index (χ4n) is 2.88. The first-order chi connectivity index (χ1) is 15.3. The van der Waals surface area contributed by atoms with Gasteiger partial charge < -0.3 is 18.8 Å². The van der Waals surface area contributed by atoms with Gasteiger partial charge in [-0.25, -0.2) is 14.6 Å². The van der Waals surface area contributed by atoms with Crippen LogP contribution in [0.25, 0.3) is 16.6 Å². The minimum atomic E-state index is -0.627. The molecule has 1 aromatic carbocycles. The molecule has 10 heteroatoms. The van der Waals surface area contributed by atoms with E-state index in [0.29, 0.717) is 23.8 Å². The van der Waals surface area contributed by atoms with Gasteiger partial charge in [0.2, 0.25) is 0 Å². The number of rotatable bonds is 8. The van der Waals surface area contributed by atoms with Gasteiger partial charge in [-0.1, -0.05) is 0 Å². The molecule has 0 unspecified atom stereocenters. The van der Waals surface area contributed by atoms with Crippen molar-refractivity contribution in [2.24, 2.45) is 14.1 Å². The number of hydrogen-bond donors (Lipinski definition) is 0. The van der Waals surface area contributed by atoms with E-state index in [4.69, 9.17) is 14.2 Å². The number of benzene rings is 1. The van der Waals surface area contributed by atoms with Gasteiger partial charge in [-0.3, -0.25) is 9.36 Å². The number of aryl methyl sites for hydroxylation is 1. The standard InChI is InChI=1S/C22H23N3O6S/c1-5-30-17-8-6-14(10-18(17)29-4)20-23-16(13-32-20)12-31-19(26)9-7-15-11-24(2)22(28)25(3)21(15)27/h6-11,13H,5,12H2,1-4H3/b9-7+. The molecular weight excluding hydrogens is 434 g/mol. The van der Waals surface area contributed by atoms with Crippen LogP contribution in [0.15, 0.2) is 45.4 Å². The number of thiazole rings is 1. The summed E-state index contributed by atoms with van der Waals surface area (Å²) in [6, 6.07) is 5.56. The molecule has 168 valence electrons. The van der Waals surface area contributed by atoms with Crippen LogP contribution >= 0.6 is 11.3 Å². The fraction of sp³-hybridized carbons (Fsp3) is 0.273. The van der Waals surface area contributed by atoms with Crippen molar-refractivity contribution in [3.63, 3.8) is 0 Å². The van der Waals surface area contributed by atoms with E-state index in [1.807, 2.05) is 25.1 Å². The molecule has 0 aliphatic rings. The molecule has 9 nitrogen and oxygen atoms in total. The number of aromatic nitrogens is 3. The van der Waals surface area contributed by atoms with Crippen LogP contribution in [-0.4, -0.2) is 33.8 Å². The van der Waals surface area contributed by atoms with Crippen LogP contribution in [0.2, 0.25) is 0 Å². The van der Waals surface area contributed by atoms with Crippen molar-refractivity contribution in [2.45, 2.75) is 13.5 Å². The molecule has 0 aliphatic carbocycles. The van der Waals surface area contributed by atoms with Gasteiger partial charge in [0.15, 0.2) is 11.5 Å². The van der Waals surface area contributed by atoms with Crippen molar-refractivity contribution < 1.29 is 19.0 Å². The zero-order chi connectivity index (χ0) is 23.3. The largest absolute Gasteiger partial charge is 0.493 e. The van der Waals surface area contributed by atoms with E-state index in [9.17, 15) is 14.4 Å². The van der Waals surface area contributed by atoms with Crippen LogP contribution in [0.1, 0.15) is 18.2 Å². The molecule has 3 aromatic rings. The first-order valence-corrected chi connectivity index (χ1v) is 10.6. The van der Waals surface area contributed by atoms with E-state index in [1.165, 1.54) is 42.3 Å². The van der Waals surface area contributed by atoms with E-state index in [2.05, 4.69) is 4.98 Å². The fourth-order valence-corrected chi connectivity index (χ4v) is 3.68. The number of nitrogens with zero attached hydrogens (tertiary/aromatic N) is 3. The van der Waals surface area contributed by atoms with Gasteiger partial charge in [0, 0.05) is 37.3 Å². The van der Waals surface area contributed by atoms with Gasteiger partial charge in [0.25, 0.3) is 5.56 Å². The van der Waals surface area contributed by atoms with E-state index < -0.39 is 17.2 Å². The van der Waals surface area contributed by atoms with E-state index in [-0.39, 0.29) is 12.2 Å². The van der Waals surface area contributed by atoms with Crippen molar-refractivity contribution in [3.8, 4) is 22.1 Å². The molecule has 0 radical (unpaired) electrons. The number of carbonyl (C=O) groups excluding carboxylic acids is 1. The smallest absolute Gasteiger partial charge is 0.331 e. The number of hydrogen-bond acceptors (Lipinski definition) is 8. The van der Waals surface area contributed by atoms with Crippen LogP contribution in [0.4, 0.5) is 0 Å². The summed E-state index contributed by atoms with van der Waals surface area (Å²) in [7, 11) is 4.48. The molecule has 32 heavy (non-hydrogen) atoms. The van der Waals surface area contributed by atoms with Crippen LogP contribution in [-0.2, 0) is 30.2 Å². The molecular formula is C22H23N3O6S. The van der Waals surface area contributed by atoms with Gasteiger partial charge >= 0.3 is 11.7 Å². The Hall–Kier alpha value is -3.66. The second kappa shape index (κ2) is 10.1. The predicted molar refractivity (Wildman–Crippen MR) is 121 cm³/mol. The minimum Gasteiger partial charge on any atom is -0.493 e. The molecule has 0 amide bonds. The molecule has 0 bridgehead atoms. The second-order valence-electron chi connectivity index (χ2n) is 6.73. The Labute approximate surface area is 188 Å². The summed E-state index contributed by atoms with van der Waals surface area (Å²) in [5.41, 5.74) is 0.717. The SMILES string of the molecule is CCOc1ccc(-c2nc(COC(=O)/C=C/c3cn(C)c(=O)n(C)c3=O)cs2)cc1OC. The van der Waals surface area contributed by atoms with Gasteiger partial charge in [-0.05, 0) is 31.2 Å². The molecule has 0 atom stereocenters.